The largest absolute Gasteiger partial charge is 0.482 e. The van der Waals surface area contributed by atoms with Crippen molar-refractivity contribution in [3.05, 3.63) is 53.7 Å². The molecular weight excluding hydrogens is 446 g/mol. The first-order valence-electron chi connectivity index (χ1n) is 9.12. The minimum atomic E-state index is -3.87. The van der Waals surface area contributed by atoms with Gasteiger partial charge < -0.3 is 19.9 Å². The van der Waals surface area contributed by atoms with E-state index in [2.05, 4.69) is 15.8 Å². The number of ether oxygens (including phenoxy) is 1. The summed E-state index contributed by atoms with van der Waals surface area (Å²) in [4.78, 5) is 23.5. The molecule has 0 spiro atoms. The second-order valence-corrected chi connectivity index (χ2v) is 9.17. The number of anilines is 2. The smallest absolute Gasteiger partial charge is 0.262 e. The molecule has 0 bridgehead atoms. The van der Waals surface area contributed by atoms with Crippen LogP contribution in [0.5, 0.6) is 5.75 Å². The number of nitrogens with one attached hydrogen (secondary N) is 2. The lowest BCUT2D eigenvalue weighted by atomic mass is 10.1. The van der Waals surface area contributed by atoms with Gasteiger partial charge in [-0.2, -0.15) is 0 Å². The zero-order chi connectivity index (χ0) is 22.0. The lowest BCUT2D eigenvalue weighted by molar-refractivity contribution is -0.118. The molecule has 1 aliphatic rings. The van der Waals surface area contributed by atoms with Gasteiger partial charge >= 0.3 is 0 Å². The molecule has 0 aliphatic carbocycles. The molecule has 2 amide bonds. The zero-order valence-electron chi connectivity index (χ0n) is 15.9. The van der Waals surface area contributed by atoms with Crippen LogP contribution in [0.1, 0.15) is 6.42 Å². The van der Waals surface area contributed by atoms with Crippen molar-refractivity contribution >= 4 is 44.6 Å². The molecule has 4 rings (SSSR count). The molecule has 0 saturated heterocycles. The molecule has 0 saturated carbocycles. The quantitative estimate of drug-likeness (QED) is 0.577. The third-order valence-electron chi connectivity index (χ3n) is 4.49. The Morgan fingerprint density at radius 1 is 1.19 bits per heavy atom. The van der Waals surface area contributed by atoms with Crippen LogP contribution in [0.4, 0.5) is 11.4 Å². The number of rotatable bonds is 6. The van der Waals surface area contributed by atoms with Crippen LogP contribution in [0.2, 0.25) is 5.02 Å². The summed E-state index contributed by atoms with van der Waals surface area (Å²) in [6.45, 7) is -0.217. The van der Waals surface area contributed by atoms with Crippen LogP contribution in [-0.2, 0) is 19.4 Å². The van der Waals surface area contributed by atoms with Crippen molar-refractivity contribution in [1.29, 1.82) is 0 Å². The highest BCUT2D eigenvalue weighted by Crippen LogP contribution is 2.36. The predicted octanol–water partition coefficient (Wildman–Crippen LogP) is 3.13. The molecule has 1 aliphatic heterocycles. The lowest BCUT2D eigenvalue weighted by Crippen LogP contribution is -2.25. The average molecular weight is 462 g/mol. The van der Waals surface area contributed by atoms with Gasteiger partial charge in [0.2, 0.25) is 5.91 Å². The number of benzene rings is 2. The number of carbonyl (C=O) groups excluding carboxylic acids is 2. The van der Waals surface area contributed by atoms with Crippen molar-refractivity contribution in [2.24, 2.45) is 0 Å². The number of aromatic nitrogens is 1. The van der Waals surface area contributed by atoms with Crippen LogP contribution in [0.25, 0.3) is 11.3 Å². The predicted molar refractivity (Wildman–Crippen MR) is 113 cm³/mol. The van der Waals surface area contributed by atoms with Crippen LogP contribution in [-0.4, -0.2) is 37.7 Å². The highest BCUT2D eigenvalue weighted by molar-refractivity contribution is 7.91. The standard InChI is InChI=1S/C20H16ClN3O6S/c21-14-9-15-17(29-11-20(26)24-15)10-18(14)31(27,28)8-6-19(25)23-13-3-1-12(2-4-13)16-5-7-22-30-16/h1-5,7,9-10H,6,8,11H2,(H,23,25)(H,24,26). The van der Waals surface area contributed by atoms with Gasteiger partial charge in [0.25, 0.3) is 5.91 Å². The van der Waals surface area contributed by atoms with Crippen molar-refractivity contribution in [3.8, 4) is 17.1 Å². The van der Waals surface area contributed by atoms with Crippen LogP contribution in [0.3, 0.4) is 0 Å². The highest BCUT2D eigenvalue weighted by atomic mass is 35.5. The molecule has 9 nitrogen and oxygen atoms in total. The topological polar surface area (TPSA) is 128 Å². The van der Waals surface area contributed by atoms with Gasteiger partial charge in [0.15, 0.2) is 22.2 Å². The lowest BCUT2D eigenvalue weighted by Gasteiger charge is -2.19. The van der Waals surface area contributed by atoms with Gasteiger partial charge in [0, 0.05) is 29.8 Å². The maximum atomic E-state index is 12.7. The number of hydrogen-bond donors (Lipinski definition) is 2. The van der Waals surface area contributed by atoms with Crippen molar-refractivity contribution in [2.45, 2.75) is 11.3 Å². The summed E-state index contributed by atoms with van der Waals surface area (Å²) in [5.74, 6) is -0.466. The van der Waals surface area contributed by atoms with E-state index < -0.39 is 21.5 Å². The molecule has 0 unspecified atom stereocenters. The van der Waals surface area contributed by atoms with E-state index in [9.17, 15) is 18.0 Å². The SMILES string of the molecule is O=C(CCS(=O)(=O)c1cc2c(cc1Cl)NC(=O)CO2)Nc1ccc(-c2ccno2)cc1. The number of amides is 2. The van der Waals surface area contributed by atoms with Gasteiger partial charge in [0.05, 0.1) is 27.6 Å². The summed E-state index contributed by atoms with van der Waals surface area (Å²) in [5.41, 5.74) is 1.60. The molecule has 2 heterocycles. The average Bonchev–Trinajstić information content (AvgIpc) is 3.27. The molecule has 1 aromatic heterocycles. The molecule has 0 fully saturated rings. The Kier molecular flexibility index (Phi) is 5.66. The van der Waals surface area contributed by atoms with Crippen LogP contribution in [0, 0.1) is 0 Å². The summed E-state index contributed by atoms with van der Waals surface area (Å²) >= 11 is 6.10. The van der Waals surface area contributed by atoms with Gasteiger partial charge in [-0.1, -0.05) is 16.8 Å². The highest BCUT2D eigenvalue weighted by Gasteiger charge is 2.25. The first-order valence-corrected chi connectivity index (χ1v) is 11.1. The van der Waals surface area contributed by atoms with Crippen LogP contribution < -0.4 is 15.4 Å². The number of halogens is 1. The van der Waals surface area contributed by atoms with Gasteiger partial charge in [-0.05, 0) is 30.3 Å². The molecule has 0 radical (unpaired) electrons. The normalized spacial score (nSPS) is 13.1. The monoisotopic (exact) mass is 461 g/mol. The van der Waals surface area contributed by atoms with Gasteiger partial charge in [0.1, 0.15) is 5.75 Å². The second kappa shape index (κ2) is 8.40. The Balaban J connectivity index is 1.40. The number of hydrogen-bond acceptors (Lipinski definition) is 7. The number of carbonyl (C=O) groups is 2. The minimum absolute atomic E-state index is 0.0621. The molecule has 0 atom stereocenters. The Morgan fingerprint density at radius 3 is 2.68 bits per heavy atom. The second-order valence-electron chi connectivity index (χ2n) is 6.69. The van der Waals surface area contributed by atoms with Crippen molar-refractivity contribution < 1.29 is 27.3 Å². The van der Waals surface area contributed by atoms with E-state index in [1.807, 2.05) is 0 Å². The summed E-state index contributed by atoms with van der Waals surface area (Å²) < 4.78 is 35.7. The molecule has 3 aromatic rings. The number of fused-ring (bicyclic) bond motifs is 1. The Hall–Kier alpha value is -3.37. The fourth-order valence-electron chi connectivity index (χ4n) is 2.96. The molecule has 31 heavy (non-hydrogen) atoms. The fraction of sp³-hybridized carbons (Fsp3) is 0.150. The summed E-state index contributed by atoms with van der Waals surface area (Å²) in [7, 11) is -3.87. The zero-order valence-corrected chi connectivity index (χ0v) is 17.5. The maximum absolute atomic E-state index is 12.7. The molecule has 2 aromatic carbocycles. The van der Waals surface area contributed by atoms with Crippen molar-refractivity contribution in [2.75, 3.05) is 23.0 Å². The van der Waals surface area contributed by atoms with Crippen molar-refractivity contribution in [3.63, 3.8) is 0 Å². The summed E-state index contributed by atoms with van der Waals surface area (Å²) in [6, 6.07) is 11.1. The molecule has 160 valence electrons. The van der Waals surface area contributed by atoms with E-state index in [4.69, 9.17) is 20.9 Å². The fourth-order valence-corrected chi connectivity index (χ4v) is 4.80. The van der Waals surface area contributed by atoms with E-state index in [0.29, 0.717) is 17.1 Å². The first kappa shape index (κ1) is 20.9. The van der Waals surface area contributed by atoms with Gasteiger partial charge in [-0.15, -0.1) is 0 Å². The van der Waals surface area contributed by atoms with Crippen LogP contribution in [0.15, 0.2) is 58.1 Å². The van der Waals surface area contributed by atoms with E-state index >= 15 is 0 Å². The minimum Gasteiger partial charge on any atom is -0.482 e. The molecule has 11 heteroatoms. The Bertz CT molecular complexity index is 1240. The number of sulfone groups is 1. The van der Waals surface area contributed by atoms with E-state index in [-0.39, 0.29) is 34.6 Å². The maximum Gasteiger partial charge on any atom is 0.262 e. The molecule has 2 N–H and O–H groups in total. The van der Waals surface area contributed by atoms with Gasteiger partial charge in [-0.25, -0.2) is 8.42 Å². The van der Waals surface area contributed by atoms with Crippen LogP contribution >= 0.6 is 11.6 Å². The van der Waals surface area contributed by atoms with E-state index in [1.165, 1.54) is 18.3 Å². The molecular formula is C20H16ClN3O6S. The summed E-state index contributed by atoms with van der Waals surface area (Å²) in [6.07, 6.45) is 1.26. The first-order chi connectivity index (χ1) is 14.8. The Labute approximate surface area is 182 Å². The third kappa shape index (κ3) is 4.70. The third-order valence-corrected chi connectivity index (χ3v) is 6.67. The number of nitrogens with zero attached hydrogens (tertiary/aromatic N) is 1. The van der Waals surface area contributed by atoms with Gasteiger partial charge in [-0.3, -0.25) is 9.59 Å². The van der Waals surface area contributed by atoms with Crippen molar-refractivity contribution in [1.82, 2.24) is 5.16 Å². The summed E-state index contributed by atoms with van der Waals surface area (Å²) in [5, 5.41) is 8.78. The Morgan fingerprint density at radius 2 is 1.97 bits per heavy atom. The van der Waals surface area contributed by atoms with E-state index in [0.717, 1.165) is 5.56 Å². The van der Waals surface area contributed by atoms with E-state index in [1.54, 1.807) is 30.3 Å².